The molecule has 1 aliphatic heterocycles. The molecule has 2 heterocycles. The lowest BCUT2D eigenvalue weighted by Crippen LogP contribution is -2.30. The first-order valence-corrected chi connectivity index (χ1v) is 7.45. The molecule has 1 saturated heterocycles. The Bertz CT molecular complexity index is 589. The molecule has 2 nitrogen and oxygen atoms in total. The van der Waals surface area contributed by atoms with Crippen molar-refractivity contribution in [2.24, 2.45) is 5.92 Å². The zero-order valence-corrected chi connectivity index (χ0v) is 12.3. The zero-order valence-electron chi connectivity index (χ0n) is 12.3. The monoisotopic (exact) mass is 256 g/mol. The lowest BCUT2D eigenvalue weighted by Gasteiger charge is -2.22. The number of H-pyrrole nitrogens is 1. The minimum atomic E-state index is 0.799. The van der Waals surface area contributed by atoms with Crippen molar-refractivity contribution < 1.29 is 0 Å². The molecule has 0 spiro atoms. The summed E-state index contributed by atoms with van der Waals surface area (Å²) in [5, 5.41) is 4.96. The van der Waals surface area contributed by atoms with Crippen LogP contribution >= 0.6 is 0 Å². The molecule has 2 aromatic rings. The molecule has 1 aromatic heterocycles. The maximum Gasteiger partial charge on any atom is 0.0491 e. The van der Waals surface area contributed by atoms with Crippen LogP contribution in [0.2, 0.25) is 0 Å². The molecular weight excluding hydrogens is 232 g/mol. The first-order chi connectivity index (χ1) is 9.16. The number of nitrogens with one attached hydrogen (secondary N) is 2. The smallest absolute Gasteiger partial charge is 0.0491 e. The lowest BCUT2D eigenvalue weighted by atomic mass is 9.90. The van der Waals surface area contributed by atoms with E-state index < -0.39 is 0 Å². The third-order valence-electron chi connectivity index (χ3n) is 4.72. The minimum absolute atomic E-state index is 0.799. The molecule has 0 radical (unpaired) electrons. The van der Waals surface area contributed by atoms with Crippen LogP contribution in [0.3, 0.4) is 0 Å². The molecule has 1 aliphatic rings. The molecule has 1 fully saturated rings. The normalized spacial score (nSPS) is 20.1. The standard InChI is InChI=1S/C17H24N2/c1-11-6-7-15-16(9-14-5-4-8-18-10-14)13(3)19-17(15)12(11)2/h6-7,14,18-19H,4-5,8-10H2,1-3H3. The molecule has 1 aromatic carbocycles. The first kappa shape index (κ1) is 12.7. The van der Waals surface area contributed by atoms with E-state index in [0.29, 0.717) is 0 Å². The van der Waals surface area contributed by atoms with Gasteiger partial charge >= 0.3 is 0 Å². The highest BCUT2D eigenvalue weighted by Crippen LogP contribution is 2.29. The Morgan fingerprint density at radius 1 is 1.21 bits per heavy atom. The predicted octanol–water partition coefficient (Wildman–Crippen LogP) is 3.64. The Morgan fingerprint density at radius 2 is 2.05 bits per heavy atom. The third kappa shape index (κ3) is 2.30. The van der Waals surface area contributed by atoms with Gasteiger partial charge in [-0.25, -0.2) is 0 Å². The highest BCUT2D eigenvalue weighted by molar-refractivity contribution is 5.88. The highest BCUT2D eigenvalue weighted by atomic mass is 14.9. The molecule has 0 aliphatic carbocycles. The van der Waals surface area contributed by atoms with Gasteiger partial charge in [-0.05, 0) is 75.7 Å². The van der Waals surface area contributed by atoms with Crippen LogP contribution in [0.15, 0.2) is 12.1 Å². The van der Waals surface area contributed by atoms with E-state index in [-0.39, 0.29) is 0 Å². The SMILES string of the molecule is Cc1ccc2c(CC3CCCNC3)c(C)[nH]c2c1C. The van der Waals surface area contributed by atoms with Crippen LogP contribution in [-0.2, 0) is 6.42 Å². The fourth-order valence-corrected chi connectivity index (χ4v) is 3.34. The van der Waals surface area contributed by atoms with E-state index in [4.69, 9.17) is 0 Å². The topological polar surface area (TPSA) is 27.8 Å². The summed E-state index contributed by atoms with van der Waals surface area (Å²) in [6.07, 6.45) is 3.90. The Morgan fingerprint density at radius 3 is 2.79 bits per heavy atom. The van der Waals surface area contributed by atoms with Gasteiger partial charge in [-0.3, -0.25) is 0 Å². The Hall–Kier alpha value is -1.28. The van der Waals surface area contributed by atoms with Crippen molar-refractivity contribution in [1.29, 1.82) is 0 Å². The lowest BCUT2D eigenvalue weighted by molar-refractivity contribution is 0.376. The van der Waals surface area contributed by atoms with Crippen molar-refractivity contribution in [3.8, 4) is 0 Å². The molecule has 2 heteroatoms. The average Bonchev–Trinajstić information content (AvgIpc) is 2.73. The number of benzene rings is 1. The summed E-state index contributed by atoms with van der Waals surface area (Å²) >= 11 is 0. The van der Waals surface area contributed by atoms with Crippen molar-refractivity contribution in [3.63, 3.8) is 0 Å². The number of rotatable bonds is 2. The number of aryl methyl sites for hydroxylation is 3. The van der Waals surface area contributed by atoms with Gasteiger partial charge in [0.05, 0.1) is 0 Å². The number of hydrogen-bond acceptors (Lipinski definition) is 1. The van der Waals surface area contributed by atoms with Crippen LogP contribution in [0.4, 0.5) is 0 Å². The summed E-state index contributed by atoms with van der Waals surface area (Å²) in [4.78, 5) is 3.61. The second kappa shape index (κ2) is 5.01. The molecule has 3 rings (SSSR count). The molecule has 1 atom stereocenters. The number of fused-ring (bicyclic) bond motifs is 1. The Labute approximate surface area is 115 Å². The van der Waals surface area contributed by atoms with E-state index in [9.17, 15) is 0 Å². The molecule has 0 bridgehead atoms. The fraction of sp³-hybridized carbons (Fsp3) is 0.529. The van der Waals surface area contributed by atoms with Crippen LogP contribution in [0.5, 0.6) is 0 Å². The van der Waals surface area contributed by atoms with Crippen molar-refractivity contribution in [2.45, 2.75) is 40.0 Å². The van der Waals surface area contributed by atoms with Gasteiger partial charge in [-0.15, -0.1) is 0 Å². The summed E-state index contributed by atoms with van der Waals surface area (Å²) in [7, 11) is 0. The van der Waals surface area contributed by atoms with Crippen LogP contribution < -0.4 is 5.32 Å². The van der Waals surface area contributed by atoms with Gasteiger partial charge in [0.2, 0.25) is 0 Å². The number of piperidine rings is 1. The second-order valence-electron chi connectivity index (χ2n) is 6.08. The maximum absolute atomic E-state index is 3.61. The molecular formula is C17H24N2. The number of aromatic amines is 1. The van der Waals surface area contributed by atoms with E-state index >= 15 is 0 Å². The maximum atomic E-state index is 3.61. The van der Waals surface area contributed by atoms with Gasteiger partial charge in [0.1, 0.15) is 0 Å². The van der Waals surface area contributed by atoms with Gasteiger partial charge < -0.3 is 10.3 Å². The molecule has 0 saturated carbocycles. The average molecular weight is 256 g/mol. The minimum Gasteiger partial charge on any atom is -0.358 e. The van der Waals surface area contributed by atoms with Crippen molar-refractivity contribution in [2.75, 3.05) is 13.1 Å². The fourth-order valence-electron chi connectivity index (χ4n) is 3.34. The summed E-state index contributed by atoms with van der Waals surface area (Å²) in [6.45, 7) is 9.01. The van der Waals surface area contributed by atoms with E-state index in [2.05, 4.69) is 43.2 Å². The van der Waals surface area contributed by atoms with Crippen LogP contribution in [0.25, 0.3) is 10.9 Å². The Kier molecular flexibility index (Phi) is 3.36. The van der Waals surface area contributed by atoms with E-state index in [1.807, 2.05) is 0 Å². The van der Waals surface area contributed by atoms with Crippen LogP contribution in [-0.4, -0.2) is 18.1 Å². The third-order valence-corrected chi connectivity index (χ3v) is 4.72. The first-order valence-electron chi connectivity index (χ1n) is 7.45. The largest absolute Gasteiger partial charge is 0.358 e. The van der Waals surface area contributed by atoms with E-state index in [1.54, 1.807) is 0 Å². The quantitative estimate of drug-likeness (QED) is 0.843. The van der Waals surface area contributed by atoms with E-state index in [1.165, 1.54) is 65.6 Å². The summed E-state index contributed by atoms with van der Waals surface area (Å²) < 4.78 is 0. The Balaban J connectivity index is 1.98. The van der Waals surface area contributed by atoms with Gasteiger partial charge in [0.25, 0.3) is 0 Å². The van der Waals surface area contributed by atoms with Gasteiger partial charge in [0, 0.05) is 16.6 Å². The second-order valence-corrected chi connectivity index (χ2v) is 6.08. The van der Waals surface area contributed by atoms with Gasteiger partial charge in [-0.2, -0.15) is 0 Å². The van der Waals surface area contributed by atoms with Crippen molar-refractivity contribution in [1.82, 2.24) is 10.3 Å². The van der Waals surface area contributed by atoms with Crippen molar-refractivity contribution in [3.05, 3.63) is 34.5 Å². The molecule has 0 amide bonds. The predicted molar refractivity (Wildman–Crippen MR) is 81.8 cm³/mol. The van der Waals surface area contributed by atoms with Crippen LogP contribution in [0, 0.1) is 26.7 Å². The van der Waals surface area contributed by atoms with Crippen LogP contribution in [0.1, 0.15) is 35.2 Å². The summed E-state index contributed by atoms with van der Waals surface area (Å²) in [6, 6.07) is 4.56. The number of hydrogen-bond donors (Lipinski definition) is 2. The summed E-state index contributed by atoms with van der Waals surface area (Å²) in [5.41, 5.74) is 7.01. The van der Waals surface area contributed by atoms with E-state index in [0.717, 1.165) is 5.92 Å². The molecule has 102 valence electrons. The number of aromatic nitrogens is 1. The van der Waals surface area contributed by atoms with Gasteiger partial charge in [0.15, 0.2) is 0 Å². The molecule has 19 heavy (non-hydrogen) atoms. The molecule has 1 unspecified atom stereocenters. The molecule has 2 N–H and O–H groups in total. The van der Waals surface area contributed by atoms with Gasteiger partial charge in [-0.1, -0.05) is 12.1 Å². The van der Waals surface area contributed by atoms with Crippen molar-refractivity contribution >= 4 is 10.9 Å². The highest BCUT2D eigenvalue weighted by Gasteiger charge is 2.18. The zero-order chi connectivity index (χ0) is 13.4. The summed E-state index contributed by atoms with van der Waals surface area (Å²) in [5.74, 6) is 0.799.